The lowest BCUT2D eigenvalue weighted by Crippen LogP contribution is -2.10. The molecule has 0 aliphatic heterocycles. The molecule has 0 saturated heterocycles. The lowest BCUT2D eigenvalue weighted by atomic mass is 9.91. The van der Waals surface area contributed by atoms with Gasteiger partial charge in [-0.2, -0.15) is 0 Å². The van der Waals surface area contributed by atoms with Gasteiger partial charge in [-0.3, -0.25) is 0 Å². The van der Waals surface area contributed by atoms with Gasteiger partial charge in [-0.05, 0) is 99.8 Å². The smallest absolute Gasteiger partial charge is 0.0541 e. The van der Waals surface area contributed by atoms with Crippen molar-refractivity contribution in [1.29, 1.82) is 0 Å². The van der Waals surface area contributed by atoms with Crippen molar-refractivity contribution in [3.8, 4) is 27.9 Å². The minimum atomic E-state index is 1.10. The average molecular weight is 719 g/mol. The van der Waals surface area contributed by atoms with Gasteiger partial charge in [0.15, 0.2) is 0 Å². The van der Waals surface area contributed by atoms with Crippen molar-refractivity contribution in [1.82, 2.24) is 4.57 Å². The number of nitrogens with zero attached hydrogens (tertiary/aromatic N) is 2. The monoisotopic (exact) mass is 718 g/mol. The maximum absolute atomic E-state index is 2.41. The van der Waals surface area contributed by atoms with E-state index in [-0.39, 0.29) is 0 Å². The molecule has 2 nitrogen and oxygen atoms in total. The van der Waals surface area contributed by atoms with Crippen molar-refractivity contribution < 1.29 is 0 Å². The van der Waals surface area contributed by atoms with Crippen LogP contribution in [0.3, 0.4) is 0 Å². The Labute approximate surface area is 323 Å². The van der Waals surface area contributed by atoms with Crippen LogP contribution in [0.5, 0.6) is 0 Å². The van der Waals surface area contributed by atoms with Gasteiger partial charge in [0.25, 0.3) is 0 Å². The van der Waals surface area contributed by atoms with Crippen LogP contribution in [0.4, 0.5) is 17.1 Å². The van der Waals surface area contributed by atoms with Crippen molar-refractivity contribution in [2.75, 3.05) is 4.90 Å². The Balaban J connectivity index is 1.09. The summed E-state index contributed by atoms with van der Waals surface area (Å²) in [4.78, 5) is 2.41. The number of fused-ring (bicyclic) bond motifs is 7. The van der Waals surface area contributed by atoms with Crippen LogP contribution >= 0.6 is 11.3 Å². The fourth-order valence-electron chi connectivity index (χ4n) is 8.50. The summed E-state index contributed by atoms with van der Waals surface area (Å²) >= 11 is 1.85. The van der Waals surface area contributed by atoms with Crippen LogP contribution < -0.4 is 4.90 Å². The summed E-state index contributed by atoms with van der Waals surface area (Å²) in [7, 11) is 0. The van der Waals surface area contributed by atoms with E-state index in [9.17, 15) is 0 Å². The van der Waals surface area contributed by atoms with E-state index in [1.807, 2.05) is 11.3 Å². The molecule has 0 aliphatic rings. The van der Waals surface area contributed by atoms with E-state index in [1.54, 1.807) is 0 Å². The van der Waals surface area contributed by atoms with Crippen molar-refractivity contribution in [3.05, 3.63) is 206 Å². The van der Waals surface area contributed by atoms with Crippen molar-refractivity contribution in [3.63, 3.8) is 0 Å². The lowest BCUT2D eigenvalue weighted by molar-refractivity contribution is 1.17. The van der Waals surface area contributed by atoms with Crippen LogP contribution in [0.1, 0.15) is 0 Å². The van der Waals surface area contributed by atoms with Gasteiger partial charge in [-0.1, -0.05) is 140 Å². The first-order chi connectivity index (χ1) is 27.3. The molecule has 0 N–H and O–H groups in total. The molecule has 258 valence electrons. The molecule has 3 heteroatoms. The molecular weight excluding hydrogens is 685 g/mol. The normalized spacial score (nSPS) is 11.6. The number of rotatable bonds is 6. The van der Waals surface area contributed by atoms with E-state index in [4.69, 9.17) is 0 Å². The van der Waals surface area contributed by atoms with E-state index in [2.05, 4.69) is 216 Å². The first-order valence-electron chi connectivity index (χ1n) is 18.8. The Morgan fingerprint density at radius 3 is 1.65 bits per heavy atom. The highest BCUT2D eigenvalue weighted by atomic mass is 32.1. The summed E-state index contributed by atoms with van der Waals surface area (Å²) in [5, 5.41) is 7.60. The quantitative estimate of drug-likeness (QED) is 0.166. The van der Waals surface area contributed by atoms with Gasteiger partial charge < -0.3 is 9.47 Å². The Morgan fingerprint density at radius 2 is 0.927 bits per heavy atom. The van der Waals surface area contributed by atoms with E-state index >= 15 is 0 Å². The van der Waals surface area contributed by atoms with E-state index in [0.717, 1.165) is 22.7 Å². The van der Waals surface area contributed by atoms with E-state index in [1.165, 1.54) is 75.0 Å². The Bertz CT molecular complexity index is 3150. The maximum Gasteiger partial charge on any atom is 0.0541 e. The van der Waals surface area contributed by atoms with Crippen LogP contribution in [-0.4, -0.2) is 4.57 Å². The molecule has 0 aliphatic carbocycles. The Morgan fingerprint density at radius 1 is 0.364 bits per heavy atom. The largest absolute Gasteiger partial charge is 0.310 e. The Kier molecular flexibility index (Phi) is 7.39. The van der Waals surface area contributed by atoms with E-state index < -0.39 is 0 Å². The molecule has 11 rings (SSSR count). The molecule has 0 atom stereocenters. The predicted octanol–water partition coefficient (Wildman–Crippen LogP) is 15.1. The van der Waals surface area contributed by atoms with Crippen LogP contribution in [0.25, 0.3) is 80.7 Å². The zero-order valence-corrected chi connectivity index (χ0v) is 30.7. The summed E-state index contributed by atoms with van der Waals surface area (Å²) in [5.74, 6) is 0. The van der Waals surface area contributed by atoms with Gasteiger partial charge in [0.05, 0.1) is 11.0 Å². The number of para-hydroxylation sites is 2. The van der Waals surface area contributed by atoms with Gasteiger partial charge in [0.1, 0.15) is 0 Å². The van der Waals surface area contributed by atoms with Crippen molar-refractivity contribution in [2.45, 2.75) is 0 Å². The predicted molar refractivity (Wildman–Crippen MR) is 237 cm³/mol. The highest BCUT2D eigenvalue weighted by Gasteiger charge is 2.18. The number of aromatic nitrogens is 1. The highest BCUT2D eigenvalue weighted by Crippen LogP contribution is 2.43. The van der Waals surface area contributed by atoms with Crippen LogP contribution in [-0.2, 0) is 0 Å². The zero-order valence-electron chi connectivity index (χ0n) is 29.9. The number of anilines is 3. The second kappa shape index (κ2) is 12.9. The molecular formula is C52H34N2S. The van der Waals surface area contributed by atoms with Gasteiger partial charge in [-0.25, -0.2) is 0 Å². The number of hydrogen-bond donors (Lipinski definition) is 0. The summed E-state index contributed by atoms with van der Waals surface area (Å²) in [5.41, 5.74) is 11.8. The number of thiophene rings is 1. The second-order valence-corrected chi connectivity index (χ2v) is 15.2. The molecule has 55 heavy (non-hydrogen) atoms. The fraction of sp³-hybridized carbons (Fsp3) is 0. The Hall–Kier alpha value is -6.94. The summed E-state index contributed by atoms with van der Waals surface area (Å²) in [6.07, 6.45) is 0. The van der Waals surface area contributed by atoms with Gasteiger partial charge in [0.2, 0.25) is 0 Å². The topological polar surface area (TPSA) is 8.17 Å². The molecule has 0 fully saturated rings. The van der Waals surface area contributed by atoms with Crippen LogP contribution in [0.15, 0.2) is 206 Å². The van der Waals surface area contributed by atoms with E-state index in [0.29, 0.717) is 0 Å². The average Bonchev–Trinajstić information content (AvgIpc) is 3.80. The summed E-state index contributed by atoms with van der Waals surface area (Å²) in [6.45, 7) is 0. The first-order valence-corrected chi connectivity index (χ1v) is 19.6. The molecule has 0 bridgehead atoms. The second-order valence-electron chi connectivity index (χ2n) is 14.1. The first kappa shape index (κ1) is 31.6. The number of hydrogen-bond acceptors (Lipinski definition) is 2. The minimum Gasteiger partial charge on any atom is -0.310 e. The fourth-order valence-corrected chi connectivity index (χ4v) is 9.59. The number of benzene rings is 9. The van der Waals surface area contributed by atoms with Gasteiger partial charge >= 0.3 is 0 Å². The van der Waals surface area contributed by atoms with Gasteiger partial charge in [-0.15, -0.1) is 11.3 Å². The molecule has 11 aromatic rings. The third kappa shape index (κ3) is 5.24. The molecule has 2 aromatic heterocycles. The van der Waals surface area contributed by atoms with Gasteiger partial charge in [0, 0.05) is 53.7 Å². The molecule has 0 saturated carbocycles. The maximum atomic E-state index is 2.41. The lowest BCUT2D eigenvalue weighted by Gasteiger charge is -2.26. The standard InChI is InChI=1S/C52H34N2S/c1-2-13-35(14-3-1)42-22-10-15-37-16-11-23-43(52(37)42)36-27-29-38(30-28-36)53(41-31-32-51-47(34-41)46-21-6-9-26-50(46)55-51)39-17-12-18-40(33-39)54-48-24-7-4-19-44(48)45-20-5-8-25-49(45)54/h1-34H. The SMILES string of the molecule is c1ccc(-c2cccc3cccc(-c4ccc(N(c5cccc(-n6c7ccccc7c7ccccc76)c5)c5ccc6sc7ccccc7c6c5)cc4)c23)cc1. The van der Waals surface area contributed by atoms with Crippen LogP contribution in [0.2, 0.25) is 0 Å². The molecule has 0 radical (unpaired) electrons. The van der Waals surface area contributed by atoms with Crippen molar-refractivity contribution >= 4 is 81.1 Å². The molecule has 2 heterocycles. The highest BCUT2D eigenvalue weighted by molar-refractivity contribution is 7.25. The molecule has 0 spiro atoms. The van der Waals surface area contributed by atoms with Crippen molar-refractivity contribution in [2.24, 2.45) is 0 Å². The molecule has 0 unspecified atom stereocenters. The summed E-state index contributed by atoms with van der Waals surface area (Å²) in [6, 6.07) is 75.2. The molecule has 0 amide bonds. The molecule has 9 aromatic carbocycles. The third-order valence-corrected chi connectivity index (χ3v) is 12.1. The zero-order chi connectivity index (χ0) is 36.3. The third-order valence-electron chi connectivity index (χ3n) is 11.0. The minimum absolute atomic E-state index is 1.10. The summed E-state index contributed by atoms with van der Waals surface area (Å²) < 4.78 is 5.00. The van der Waals surface area contributed by atoms with Crippen LogP contribution in [0, 0.1) is 0 Å².